The summed E-state index contributed by atoms with van der Waals surface area (Å²) in [5, 5.41) is 9.12. The third-order valence-corrected chi connectivity index (χ3v) is 2.97. The van der Waals surface area contributed by atoms with E-state index in [4.69, 9.17) is 10.5 Å². The van der Waals surface area contributed by atoms with Crippen molar-refractivity contribution < 1.29 is 4.74 Å². The second-order valence-corrected chi connectivity index (χ2v) is 4.56. The van der Waals surface area contributed by atoms with Crippen LogP contribution < -0.4 is 10.5 Å². The molecule has 0 aliphatic heterocycles. The second kappa shape index (κ2) is 4.59. The molecule has 0 amide bonds. The van der Waals surface area contributed by atoms with E-state index in [9.17, 15) is 0 Å². The van der Waals surface area contributed by atoms with Crippen molar-refractivity contribution in [2.75, 3.05) is 0 Å². The minimum atomic E-state index is 0.397. The van der Waals surface area contributed by atoms with Crippen molar-refractivity contribution in [1.29, 1.82) is 0 Å². The van der Waals surface area contributed by atoms with E-state index in [0.717, 1.165) is 16.3 Å². The summed E-state index contributed by atoms with van der Waals surface area (Å²) >= 11 is 1.37. The summed E-state index contributed by atoms with van der Waals surface area (Å²) in [6.45, 7) is 4.45. The van der Waals surface area contributed by atoms with Crippen LogP contribution in [0.25, 0.3) is 0 Å². The van der Waals surface area contributed by atoms with E-state index in [0.29, 0.717) is 11.7 Å². The first-order valence-corrected chi connectivity index (χ1v) is 5.78. The number of hydrogen-bond donors (Lipinski definition) is 1. The number of aryl methyl sites for hydroxylation is 2. The minimum absolute atomic E-state index is 0.397. The highest BCUT2D eigenvalue weighted by Crippen LogP contribution is 2.27. The quantitative estimate of drug-likeness (QED) is 0.887. The molecule has 0 aliphatic carbocycles. The first kappa shape index (κ1) is 11.0. The molecular weight excluding hydrogens is 222 g/mol. The summed E-state index contributed by atoms with van der Waals surface area (Å²) < 4.78 is 5.64. The Morgan fingerprint density at radius 3 is 2.75 bits per heavy atom. The monoisotopic (exact) mass is 235 g/mol. The van der Waals surface area contributed by atoms with E-state index in [1.165, 1.54) is 16.9 Å². The maximum Gasteiger partial charge on any atom is 0.299 e. The van der Waals surface area contributed by atoms with Gasteiger partial charge in [0, 0.05) is 6.54 Å². The summed E-state index contributed by atoms with van der Waals surface area (Å²) in [7, 11) is 0. The lowest BCUT2D eigenvalue weighted by Crippen LogP contribution is -1.94. The van der Waals surface area contributed by atoms with Crippen LogP contribution in [0.2, 0.25) is 0 Å². The molecule has 1 aromatic carbocycles. The zero-order valence-electron chi connectivity index (χ0n) is 9.23. The van der Waals surface area contributed by atoms with Crippen LogP contribution >= 0.6 is 11.3 Å². The van der Waals surface area contributed by atoms with Gasteiger partial charge in [-0.25, -0.2) is 0 Å². The Hall–Kier alpha value is -1.46. The summed E-state index contributed by atoms with van der Waals surface area (Å²) in [6, 6.07) is 6.02. The highest BCUT2D eigenvalue weighted by atomic mass is 32.1. The molecule has 0 atom stereocenters. The van der Waals surface area contributed by atoms with E-state index >= 15 is 0 Å². The molecule has 0 bridgehead atoms. The predicted molar refractivity (Wildman–Crippen MR) is 63.8 cm³/mol. The Morgan fingerprint density at radius 2 is 2.12 bits per heavy atom. The van der Waals surface area contributed by atoms with Gasteiger partial charge in [-0.05, 0) is 25.5 Å². The van der Waals surface area contributed by atoms with Crippen LogP contribution in [0.15, 0.2) is 18.2 Å². The molecule has 4 nitrogen and oxygen atoms in total. The summed E-state index contributed by atoms with van der Waals surface area (Å²) in [4.78, 5) is 0. The van der Waals surface area contributed by atoms with Gasteiger partial charge in [-0.3, -0.25) is 0 Å². The molecule has 1 heterocycles. The number of aromatic nitrogens is 2. The zero-order chi connectivity index (χ0) is 11.5. The Labute approximate surface area is 98.1 Å². The van der Waals surface area contributed by atoms with E-state index in [2.05, 4.69) is 16.3 Å². The lowest BCUT2D eigenvalue weighted by molar-refractivity contribution is 0.469. The molecule has 2 N–H and O–H groups in total. The standard InChI is InChI=1S/C11H13N3OS/c1-7-3-4-9(8(2)5-7)15-11-14-13-10(6-12)16-11/h3-5H,6,12H2,1-2H3. The Kier molecular flexibility index (Phi) is 3.17. The fourth-order valence-corrected chi connectivity index (χ4v) is 1.95. The van der Waals surface area contributed by atoms with Crippen LogP contribution in [-0.2, 0) is 6.54 Å². The molecule has 0 spiro atoms. The molecule has 1 aromatic heterocycles. The Balaban J connectivity index is 2.20. The van der Waals surface area contributed by atoms with Crippen LogP contribution in [0.4, 0.5) is 0 Å². The molecule has 0 fully saturated rings. The van der Waals surface area contributed by atoms with Crippen LogP contribution in [-0.4, -0.2) is 10.2 Å². The number of hydrogen-bond acceptors (Lipinski definition) is 5. The van der Waals surface area contributed by atoms with Gasteiger partial charge in [0.15, 0.2) is 0 Å². The molecule has 0 radical (unpaired) electrons. The van der Waals surface area contributed by atoms with Gasteiger partial charge in [0.05, 0.1) is 0 Å². The molecule has 84 valence electrons. The van der Waals surface area contributed by atoms with Crippen molar-refractivity contribution in [2.45, 2.75) is 20.4 Å². The van der Waals surface area contributed by atoms with Crippen molar-refractivity contribution in [2.24, 2.45) is 5.73 Å². The van der Waals surface area contributed by atoms with Crippen LogP contribution in [0.5, 0.6) is 10.9 Å². The van der Waals surface area contributed by atoms with Gasteiger partial charge < -0.3 is 10.5 Å². The van der Waals surface area contributed by atoms with Gasteiger partial charge in [-0.15, -0.1) is 5.10 Å². The highest BCUT2D eigenvalue weighted by molar-refractivity contribution is 7.13. The molecule has 2 rings (SSSR count). The predicted octanol–water partition coefficient (Wildman–Crippen LogP) is 2.41. The molecule has 0 unspecified atom stereocenters. The van der Waals surface area contributed by atoms with Crippen molar-refractivity contribution in [3.63, 3.8) is 0 Å². The number of rotatable bonds is 3. The van der Waals surface area contributed by atoms with Gasteiger partial charge in [-0.1, -0.05) is 34.1 Å². The first-order chi connectivity index (χ1) is 7.69. The maximum atomic E-state index is 5.64. The third kappa shape index (κ3) is 2.37. The molecule has 2 aromatic rings. The largest absolute Gasteiger partial charge is 0.430 e. The first-order valence-electron chi connectivity index (χ1n) is 4.96. The maximum absolute atomic E-state index is 5.64. The smallest absolute Gasteiger partial charge is 0.299 e. The van der Waals surface area contributed by atoms with Gasteiger partial charge in [0.1, 0.15) is 10.8 Å². The lowest BCUT2D eigenvalue weighted by Gasteiger charge is -2.05. The van der Waals surface area contributed by atoms with Crippen LogP contribution in [0, 0.1) is 13.8 Å². The average molecular weight is 235 g/mol. The number of ether oxygens (including phenoxy) is 1. The SMILES string of the molecule is Cc1ccc(Oc2nnc(CN)s2)c(C)c1. The fraction of sp³-hybridized carbons (Fsp3) is 0.273. The Bertz CT molecular complexity index is 496. The van der Waals surface area contributed by atoms with Gasteiger partial charge in [-0.2, -0.15) is 0 Å². The molecule has 0 saturated heterocycles. The van der Waals surface area contributed by atoms with E-state index in [1.807, 2.05) is 26.0 Å². The van der Waals surface area contributed by atoms with Gasteiger partial charge >= 0.3 is 0 Å². The Morgan fingerprint density at radius 1 is 1.31 bits per heavy atom. The third-order valence-electron chi connectivity index (χ3n) is 2.15. The van der Waals surface area contributed by atoms with Gasteiger partial charge in [0.2, 0.25) is 0 Å². The van der Waals surface area contributed by atoms with Crippen molar-refractivity contribution in [1.82, 2.24) is 10.2 Å². The van der Waals surface area contributed by atoms with E-state index < -0.39 is 0 Å². The minimum Gasteiger partial charge on any atom is -0.430 e. The van der Waals surface area contributed by atoms with Crippen molar-refractivity contribution in [3.8, 4) is 10.9 Å². The molecule has 0 saturated carbocycles. The second-order valence-electron chi connectivity index (χ2n) is 3.54. The lowest BCUT2D eigenvalue weighted by atomic mass is 10.1. The summed E-state index contributed by atoms with van der Waals surface area (Å²) in [5.41, 5.74) is 7.76. The summed E-state index contributed by atoms with van der Waals surface area (Å²) in [5.74, 6) is 0.810. The average Bonchev–Trinajstić information content (AvgIpc) is 2.70. The number of benzene rings is 1. The number of nitrogens with two attached hydrogens (primary N) is 1. The summed E-state index contributed by atoms with van der Waals surface area (Å²) in [6.07, 6.45) is 0. The van der Waals surface area contributed by atoms with Crippen LogP contribution in [0.1, 0.15) is 16.1 Å². The van der Waals surface area contributed by atoms with E-state index in [1.54, 1.807) is 0 Å². The number of nitrogens with zero attached hydrogens (tertiary/aromatic N) is 2. The van der Waals surface area contributed by atoms with E-state index in [-0.39, 0.29) is 0 Å². The zero-order valence-corrected chi connectivity index (χ0v) is 10.0. The topological polar surface area (TPSA) is 61.0 Å². The molecule has 5 heteroatoms. The van der Waals surface area contributed by atoms with Crippen molar-refractivity contribution in [3.05, 3.63) is 34.3 Å². The normalized spacial score (nSPS) is 10.4. The molecular formula is C11H13N3OS. The molecule has 16 heavy (non-hydrogen) atoms. The molecule has 0 aliphatic rings. The van der Waals surface area contributed by atoms with Gasteiger partial charge in [0.25, 0.3) is 5.19 Å². The highest BCUT2D eigenvalue weighted by Gasteiger charge is 2.06. The van der Waals surface area contributed by atoms with Crippen molar-refractivity contribution >= 4 is 11.3 Å². The fourth-order valence-electron chi connectivity index (χ4n) is 1.37. The van der Waals surface area contributed by atoms with Crippen LogP contribution in [0.3, 0.4) is 0 Å².